The van der Waals surface area contributed by atoms with Crippen LogP contribution in [-0.4, -0.2) is 16.9 Å². The van der Waals surface area contributed by atoms with Gasteiger partial charge in [-0.15, -0.1) is 0 Å². The summed E-state index contributed by atoms with van der Waals surface area (Å²) in [7, 11) is 0. The SMILES string of the molecule is NC(=O)NC(=O)c1nccc2c(N)cc(F)cc12. The monoisotopic (exact) mass is 248 g/mol. The Morgan fingerprint density at radius 3 is 2.67 bits per heavy atom. The molecular formula is C11H9FN4O2. The number of halogens is 1. The van der Waals surface area contributed by atoms with Crippen molar-refractivity contribution in [1.29, 1.82) is 0 Å². The first-order chi connectivity index (χ1) is 8.49. The van der Waals surface area contributed by atoms with E-state index in [1.165, 1.54) is 6.20 Å². The largest absolute Gasteiger partial charge is 0.398 e. The lowest BCUT2D eigenvalue weighted by molar-refractivity contribution is 0.0963. The summed E-state index contributed by atoms with van der Waals surface area (Å²) in [6, 6.07) is 2.79. The van der Waals surface area contributed by atoms with Crippen LogP contribution in [-0.2, 0) is 0 Å². The number of amides is 3. The summed E-state index contributed by atoms with van der Waals surface area (Å²) in [5, 5.41) is 2.55. The van der Waals surface area contributed by atoms with Crippen LogP contribution in [0.3, 0.4) is 0 Å². The van der Waals surface area contributed by atoms with E-state index in [1.54, 1.807) is 6.07 Å². The highest BCUT2D eigenvalue weighted by Crippen LogP contribution is 2.24. The number of pyridine rings is 1. The third kappa shape index (κ3) is 2.05. The topological polar surface area (TPSA) is 111 Å². The van der Waals surface area contributed by atoms with Gasteiger partial charge in [0.2, 0.25) is 0 Å². The fraction of sp³-hybridized carbons (Fsp3) is 0. The molecular weight excluding hydrogens is 239 g/mol. The number of urea groups is 1. The van der Waals surface area contributed by atoms with Crippen LogP contribution in [0.25, 0.3) is 10.8 Å². The molecule has 2 aromatic rings. The standard InChI is InChI=1S/C11H9FN4O2/c12-5-3-7-6(8(13)4-5)1-2-15-9(7)10(17)16-11(14)18/h1-4H,13H2,(H3,14,16,17,18). The van der Waals surface area contributed by atoms with Crippen molar-refractivity contribution in [3.63, 3.8) is 0 Å². The quantitative estimate of drug-likeness (QED) is 0.647. The average molecular weight is 248 g/mol. The Morgan fingerprint density at radius 2 is 2.00 bits per heavy atom. The van der Waals surface area contributed by atoms with Gasteiger partial charge in [-0.1, -0.05) is 0 Å². The molecule has 0 unspecified atom stereocenters. The summed E-state index contributed by atoms with van der Waals surface area (Å²) in [6.45, 7) is 0. The van der Waals surface area contributed by atoms with Crippen LogP contribution in [0.2, 0.25) is 0 Å². The van der Waals surface area contributed by atoms with E-state index in [0.717, 1.165) is 12.1 Å². The minimum absolute atomic E-state index is 0.113. The van der Waals surface area contributed by atoms with Crippen LogP contribution in [0.15, 0.2) is 24.4 Å². The molecule has 1 aromatic carbocycles. The van der Waals surface area contributed by atoms with E-state index in [1.807, 2.05) is 5.32 Å². The molecule has 92 valence electrons. The van der Waals surface area contributed by atoms with E-state index in [9.17, 15) is 14.0 Å². The van der Waals surface area contributed by atoms with Gasteiger partial charge < -0.3 is 11.5 Å². The third-order valence-electron chi connectivity index (χ3n) is 2.33. The molecule has 0 saturated carbocycles. The second-order valence-electron chi connectivity index (χ2n) is 3.57. The van der Waals surface area contributed by atoms with Crippen molar-refractivity contribution in [2.75, 3.05) is 5.73 Å². The lowest BCUT2D eigenvalue weighted by Crippen LogP contribution is -2.35. The Balaban J connectivity index is 2.65. The highest BCUT2D eigenvalue weighted by atomic mass is 19.1. The number of carbonyl (C=O) groups excluding carboxylic acids is 2. The van der Waals surface area contributed by atoms with Gasteiger partial charge in [-0.05, 0) is 18.2 Å². The molecule has 1 heterocycles. The number of fused-ring (bicyclic) bond motifs is 1. The highest BCUT2D eigenvalue weighted by Gasteiger charge is 2.15. The van der Waals surface area contributed by atoms with Crippen molar-refractivity contribution < 1.29 is 14.0 Å². The van der Waals surface area contributed by atoms with Gasteiger partial charge >= 0.3 is 6.03 Å². The summed E-state index contributed by atoms with van der Waals surface area (Å²) in [5.41, 5.74) is 10.5. The van der Waals surface area contributed by atoms with Gasteiger partial charge in [-0.3, -0.25) is 15.1 Å². The molecule has 0 spiro atoms. The zero-order valence-electron chi connectivity index (χ0n) is 9.11. The molecule has 0 saturated heterocycles. The molecule has 0 aliphatic carbocycles. The van der Waals surface area contributed by atoms with E-state index in [4.69, 9.17) is 11.5 Å². The van der Waals surface area contributed by atoms with Crippen LogP contribution in [0, 0.1) is 5.82 Å². The second-order valence-corrected chi connectivity index (χ2v) is 3.57. The lowest BCUT2D eigenvalue weighted by atomic mass is 10.1. The van der Waals surface area contributed by atoms with Gasteiger partial charge in [0, 0.05) is 22.7 Å². The number of nitrogen functional groups attached to an aromatic ring is 1. The fourth-order valence-corrected chi connectivity index (χ4v) is 1.63. The number of hydrogen-bond acceptors (Lipinski definition) is 4. The van der Waals surface area contributed by atoms with Crippen molar-refractivity contribution >= 4 is 28.4 Å². The predicted molar refractivity (Wildman–Crippen MR) is 63.2 cm³/mol. The Morgan fingerprint density at radius 1 is 1.28 bits per heavy atom. The van der Waals surface area contributed by atoms with E-state index in [0.29, 0.717) is 5.39 Å². The number of rotatable bonds is 1. The van der Waals surface area contributed by atoms with Crippen molar-refractivity contribution in [1.82, 2.24) is 10.3 Å². The molecule has 0 aliphatic rings. The summed E-state index contributed by atoms with van der Waals surface area (Å²) >= 11 is 0. The Bertz CT molecular complexity index is 657. The molecule has 18 heavy (non-hydrogen) atoms. The highest BCUT2D eigenvalue weighted by molar-refractivity contribution is 6.11. The van der Waals surface area contributed by atoms with Crippen LogP contribution in [0.5, 0.6) is 0 Å². The van der Waals surface area contributed by atoms with Gasteiger partial charge in [0.1, 0.15) is 11.5 Å². The van der Waals surface area contributed by atoms with Crippen molar-refractivity contribution in [3.8, 4) is 0 Å². The smallest absolute Gasteiger partial charge is 0.319 e. The van der Waals surface area contributed by atoms with Gasteiger partial charge in [0.15, 0.2) is 0 Å². The summed E-state index contributed by atoms with van der Waals surface area (Å²) in [5.74, 6) is -1.40. The maximum atomic E-state index is 13.3. The summed E-state index contributed by atoms with van der Waals surface area (Å²) < 4.78 is 13.3. The zero-order chi connectivity index (χ0) is 13.3. The van der Waals surface area contributed by atoms with Crippen LogP contribution in [0.4, 0.5) is 14.9 Å². The number of anilines is 1. The maximum absolute atomic E-state index is 13.3. The molecule has 7 heteroatoms. The normalized spacial score (nSPS) is 10.3. The molecule has 0 fully saturated rings. The number of primary amides is 1. The van der Waals surface area contributed by atoms with E-state index >= 15 is 0 Å². The van der Waals surface area contributed by atoms with Crippen molar-refractivity contribution in [2.24, 2.45) is 5.73 Å². The number of nitrogens with zero attached hydrogens (tertiary/aromatic N) is 1. The lowest BCUT2D eigenvalue weighted by Gasteiger charge is -2.07. The van der Waals surface area contributed by atoms with Crippen molar-refractivity contribution in [2.45, 2.75) is 0 Å². The summed E-state index contributed by atoms with van der Waals surface area (Å²) in [6.07, 6.45) is 1.34. The Kier molecular flexibility index (Phi) is 2.80. The van der Waals surface area contributed by atoms with E-state index in [2.05, 4.69) is 4.98 Å². The molecule has 5 N–H and O–H groups in total. The van der Waals surface area contributed by atoms with E-state index in [-0.39, 0.29) is 16.8 Å². The van der Waals surface area contributed by atoms with Crippen LogP contribution >= 0.6 is 0 Å². The molecule has 0 atom stereocenters. The molecule has 0 radical (unpaired) electrons. The van der Waals surface area contributed by atoms with Gasteiger partial charge in [0.25, 0.3) is 5.91 Å². The fourth-order valence-electron chi connectivity index (χ4n) is 1.63. The van der Waals surface area contributed by atoms with Crippen LogP contribution in [0.1, 0.15) is 10.5 Å². The number of imide groups is 1. The summed E-state index contributed by atoms with van der Waals surface area (Å²) in [4.78, 5) is 26.1. The van der Waals surface area contributed by atoms with Gasteiger partial charge in [0.05, 0.1) is 0 Å². The number of aromatic nitrogens is 1. The Labute approximate surface area is 101 Å². The average Bonchev–Trinajstić information content (AvgIpc) is 2.27. The first-order valence-electron chi connectivity index (χ1n) is 4.93. The molecule has 0 bridgehead atoms. The van der Waals surface area contributed by atoms with Gasteiger partial charge in [-0.2, -0.15) is 0 Å². The minimum Gasteiger partial charge on any atom is -0.398 e. The maximum Gasteiger partial charge on any atom is 0.319 e. The second kappa shape index (κ2) is 4.28. The minimum atomic E-state index is -1.01. The Hall–Kier alpha value is -2.70. The molecule has 1 aromatic heterocycles. The number of carbonyl (C=O) groups is 2. The first kappa shape index (κ1) is 11.8. The molecule has 0 aliphatic heterocycles. The number of hydrogen-bond donors (Lipinski definition) is 3. The molecule has 2 rings (SSSR count). The molecule has 3 amide bonds. The third-order valence-corrected chi connectivity index (χ3v) is 2.33. The van der Waals surface area contributed by atoms with Crippen LogP contribution < -0.4 is 16.8 Å². The number of nitrogens with one attached hydrogen (secondary N) is 1. The van der Waals surface area contributed by atoms with E-state index < -0.39 is 17.8 Å². The van der Waals surface area contributed by atoms with Gasteiger partial charge in [-0.25, -0.2) is 9.18 Å². The number of benzene rings is 1. The zero-order valence-corrected chi connectivity index (χ0v) is 9.11. The first-order valence-corrected chi connectivity index (χ1v) is 4.93. The predicted octanol–water partition coefficient (Wildman–Crippen LogP) is 0.765. The molecule has 6 nitrogen and oxygen atoms in total. The van der Waals surface area contributed by atoms with Crippen molar-refractivity contribution in [3.05, 3.63) is 35.9 Å². The number of nitrogens with two attached hydrogens (primary N) is 2.